The van der Waals surface area contributed by atoms with E-state index in [4.69, 9.17) is 26.8 Å². The van der Waals surface area contributed by atoms with Crippen molar-refractivity contribution >= 4 is 0 Å². The summed E-state index contributed by atoms with van der Waals surface area (Å²) in [6.07, 6.45) is 0.424. The number of aliphatic hydroxyl groups is 4. The van der Waals surface area contributed by atoms with E-state index in [-0.39, 0.29) is 0 Å². The van der Waals surface area contributed by atoms with Crippen LogP contribution in [-0.2, 0) is 0 Å². The largest absolute Gasteiger partial charge is 0.394 e. The molecule has 0 aliphatic carbocycles. The zero-order chi connectivity index (χ0) is 8.15. The summed E-state index contributed by atoms with van der Waals surface area (Å²) < 4.78 is 0. The third-order valence-corrected chi connectivity index (χ3v) is 1.08. The predicted octanol–water partition coefficient (Wildman–Crippen LogP) is -2.31. The Morgan fingerprint density at radius 2 is 1.80 bits per heavy atom. The Morgan fingerprint density at radius 3 is 2.10 bits per heavy atom. The minimum absolute atomic E-state index is 0.625. The van der Waals surface area contributed by atoms with Crippen LogP contribution in [0.25, 0.3) is 0 Å². The van der Waals surface area contributed by atoms with E-state index in [1.54, 1.807) is 0 Å². The number of hydrogen-bond donors (Lipinski definition) is 4. The van der Waals surface area contributed by atoms with Gasteiger partial charge in [0.25, 0.3) is 0 Å². The van der Waals surface area contributed by atoms with Gasteiger partial charge in [-0.1, -0.05) is 5.92 Å². The predicted molar refractivity (Wildman–Crippen MR) is 33.9 cm³/mol. The Hall–Kier alpha value is -0.600. The highest BCUT2D eigenvalue weighted by Gasteiger charge is 2.21. The molecule has 0 unspecified atom stereocenters. The minimum atomic E-state index is -1.48. The fourth-order valence-electron chi connectivity index (χ4n) is 0.417. The molecule has 0 aliphatic rings. The third kappa shape index (κ3) is 2.33. The van der Waals surface area contributed by atoms with Gasteiger partial charge in [0, 0.05) is 0 Å². The van der Waals surface area contributed by atoms with Crippen molar-refractivity contribution in [2.24, 2.45) is 0 Å². The van der Waals surface area contributed by atoms with Gasteiger partial charge in [0.05, 0.1) is 6.61 Å². The van der Waals surface area contributed by atoms with Crippen LogP contribution < -0.4 is 0 Å². The van der Waals surface area contributed by atoms with Gasteiger partial charge < -0.3 is 20.4 Å². The lowest BCUT2D eigenvalue weighted by molar-refractivity contribution is -0.0582. The van der Waals surface area contributed by atoms with Crippen LogP contribution >= 0.6 is 0 Å². The van der Waals surface area contributed by atoms with Crippen molar-refractivity contribution in [2.45, 2.75) is 18.3 Å². The molecule has 0 fully saturated rings. The zero-order valence-electron chi connectivity index (χ0n) is 5.31. The van der Waals surface area contributed by atoms with Crippen LogP contribution in [0.1, 0.15) is 0 Å². The number of terminal acetylenes is 1. The maximum Gasteiger partial charge on any atom is 0.142 e. The maximum atomic E-state index is 8.78. The normalized spacial score (nSPS) is 19.1. The second-order valence-corrected chi connectivity index (χ2v) is 1.85. The standard InChI is InChI=1S/C6H10O4/c1-2-4(8)6(10)5(9)3-7/h1,4-10H,3H2/t4-,5+,6-/m0/s1. The van der Waals surface area contributed by atoms with E-state index >= 15 is 0 Å². The second kappa shape index (κ2) is 4.25. The number of rotatable bonds is 3. The molecular weight excluding hydrogens is 136 g/mol. The summed E-state index contributed by atoms with van der Waals surface area (Å²) in [6, 6.07) is 0. The summed E-state index contributed by atoms with van der Waals surface area (Å²) in [5.41, 5.74) is 0. The van der Waals surface area contributed by atoms with Crippen molar-refractivity contribution in [2.75, 3.05) is 6.61 Å². The van der Waals surface area contributed by atoms with E-state index in [1.165, 1.54) is 0 Å². The van der Waals surface area contributed by atoms with Crippen molar-refractivity contribution in [1.29, 1.82) is 0 Å². The van der Waals surface area contributed by atoms with Gasteiger partial charge in [-0.05, 0) is 0 Å². The molecule has 58 valence electrons. The van der Waals surface area contributed by atoms with E-state index in [2.05, 4.69) is 0 Å². The summed E-state index contributed by atoms with van der Waals surface area (Å²) in [5, 5.41) is 34.4. The quantitative estimate of drug-likeness (QED) is 0.337. The highest BCUT2D eigenvalue weighted by atomic mass is 16.4. The first-order valence-corrected chi connectivity index (χ1v) is 2.74. The molecule has 10 heavy (non-hydrogen) atoms. The first-order chi connectivity index (χ1) is 4.63. The first kappa shape index (κ1) is 9.40. The summed E-state index contributed by atoms with van der Waals surface area (Å²) >= 11 is 0. The van der Waals surface area contributed by atoms with Gasteiger partial charge in [-0.3, -0.25) is 0 Å². The van der Waals surface area contributed by atoms with Crippen molar-refractivity contribution in [3.05, 3.63) is 0 Å². The van der Waals surface area contributed by atoms with Crippen molar-refractivity contribution in [3.63, 3.8) is 0 Å². The summed E-state index contributed by atoms with van der Waals surface area (Å²) in [6.45, 7) is -0.625. The molecule has 0 saturated heterocycles. The Bertz CT molecular complexity index is 128. The molecule has 0 amide bonds. The average molecular weight is 146 g/mol. The monoisotopic (exact) mass is 146 g/mol. The fraction of sp³-hybridized carbons (Fsp3) is 0.667. The van der Waals surface area contributed by atoms with Gasteiger partial charge in [-0.2, -0.15) is 0 Å². The van der Waals surface area contributed by atoms with Crippen molar-refractivity contribution < 1.29 is 20.4 Å². The molecule has 4 nitrogen and oxygen atoms in total. The Kier molecular flexibility index (Phi) is 4.00. The lowest BCUT2D eigenvalue weighted by atomic mass is 10.1. The van der Waals surface area contributed by atoms with Crippen LogP contribution in [0, 0.1) is 12.3 Å². The third-order valence-electron chi connectivity index (χ3n) is 1.08. The van der Waals surface area contributed by atoms with Crippen LogP contribution in [0.4, 0.5) is 0 Å². The number of aliphatic hydroxyl groups excluding tert-OH is 4. The molecule has 0 radical (unpaired) electrons. The van der Waals surface area contributed by atoms with Gasteiger partial charge in [-0.25, -0.2) is 0 Å². The van der Waals surface area contributed by atoms with E-state index < -0.39 is 24.9 Å². The molecule has 4 N–H and O–H groups in total. The van der Waals surface area contributed by atoms with Crippen LogP contribution in [0.3, 0.4) is 0 Å². The lowest BCUT2D eigenvalue weighted by Gasteiger charge is -2.16. The molecular formula is C6H10O4. The van der Waals surface area contributed by atoms with Gasteiger partial charge >= 0.3 is 0 Å². The topological polar surface area (TPSA) is 80.9 Å². The summed E-state index contributed by atoms with van der Waals surface area (Å²) in [5.74, 6) is 1.81. The second-order valence-electron chi connectivity index (χ2n) is 1.85. The van der Waals surface area contributed by atoms with Gasteiger partial charge in [0.2, 0.25) is 0 Å². The molecule has 0 heterocycles. The Labute approximate surface area is 58.7 Å². The van der Waals surface area contributed by atoms with Gasteiger partial charge in [0.1, 0.15) is 18.3 Å². The molecule has 0 bridgehead atoms. The van der Waals surface area contributed by atoms with Crippen LogP contribution in [-0.4, -0.2) is 45.3 Å². The molecule has 4 heteroatoms. The fourth-order valence-corrected chi connectivity index (χ4v) is 0.417. The van der Waals surface area contributed by atoms with E-state index in [1.807, 2.05) is 5.92 Å². The lowest BCUT2D eigenvalue weighted by Crippen LogP contribution is -2.38. The Morgan fingerprint density at radius 1 is 1.30 bits per heavy atom. The van der Waals surface area contributed by atoms with Crippen LogP contribution in [0.2, 0.25) is 0 Å². The Balaban J connectivity index is 3.84. The smallest absolute Gasteiger partial charge is 0.142 e. The molecule has 3 atom stereocenters. The number of hydrogen-bond acceptors (Lipinski definition) is 4. The first-order valence-electron chi connectivity index (χ1n) is 2.74. The molecule has 0 aromatic heterocycles. The molecule has 0 saturated carbocycles. The summed E-state index contributed by atoms with van der Waals surface area (Å²) in [4.78, 5) is 0. The van der Waals surface area contributed by atoms with Crippen molar-refractivity contribution in [1.82, 2.24) is 0 Å². The van der Waals surface area contributed by atoms with Crippen molar-refractivity contribution in [3.8, 4) is 12.3 Å². The van der Waals surface area contributed by atoms with Gasteiger partial charge in [-0.15, -0.1) is 6.42 Å². The molecule has 0 rings (SSSR count). The summed E-state index contributed by atoms with van der Waals surface area (Å²) in [7, 11) is 0. The minimum Gasteiger partial charge on any atom is -0.394 e. The van der Waals surface area contributed by atoms with Crippen LogP contribution in [0.5, 0.6) is 0 Å². The molecule has 0 aromatic carbocycles. The highest BCUT2D eigenvalue weighted by molar-refractivity contribution is 4.99. The van der Waals surface area contributed by atoms with E-state index in [9.17, 15) is 0 Å². The zero-order valence-corrected chi connectivity index (χ0v) is 5.31. The molecule has 0 aliphatic heterocycles. The molecule has 0 spiro atoms. The maximum absolute atomic E-state index is 8.78. The average Bonchev–Trinajstić information content (AvgIpc) is 2.00. The SMILES string of the molecule is C#C[C@H](O)[C@H](O)[C@H](O)CO. The van der Waals surface area contributed by atoms with E-state index in [0.29, 0.717) is 0 Å². The van der Waals surface area contributed by atoms with E-state index in [0.717, 1.165) is 0 Å². The molecule has 0 aromatic rings. The van der Waals surface area contributed by atoms with Gasteiger partial charge in [0.15, 0.2) is 0 Å². The van der Waals surface area contributed by atoms with Crippen LogP contribution in [0.15, 0.2) is 0 Å². The highest BCUT2D eigenvalue weighted by Crippen LogP contribution is 1.97.